The smallest absolute Gasteiger partial charge is 0.410 e. The highest BCUT2D eigenvalue weighted by Crippen LogP contribution is 2.27. The summed E-state index contributed by atoms with van der Waals surface area (Å²) >= 11 is 3.56. The highest BCUT2D eigenvalue weighted by molar-refractivity contribution is 9.09. The number of rotatable bonds is 6. The van der Waals surface area contributed by atoms with E-state index in [1.54, 1.807) is 4.90 Å². The third kappa shape index (κ3) is 6.86. The van der Waals surface area contributed by atoms with E-state index in [-0.39, 0.29) is 11.7 Å². The predicted molar refractivity (Wildman–Crippen MR) is 93.6 cm³/mol. The van der Waals surface area contributed by atoms with Crippen molar-refractivity contribution in [1.29, 1.82) is 0 Å². The van der Waals surface area contributed by atoms with Gasteiger partial charge in [-0.1, -0.05) is 35.2 Å². The van der Waals surface area contributed by atoms with E-state index in [1.807, 2.05) is 27.7 Å². The van der Waals surface area contributed by atoms with Crippen LogP contribution in [-0.2, 0) is 9.47 Å². The van der Waals surface area contributed by atoms with Crippen molar-refractivity contribution >= 4 is 22.0 Å². The third-order valence-corrected chi connectivity index (χ3v) is 5.03. The van der Waals surface area contributed by atoms with Gasteiger partial charge in [0, 0.05) is 11.9 Å². The molecule has 1 amide bonds. The molecule has 0 radical (unpaired) electrons. The molecule has 0 N–H and O–H groups in total. The molecule has 0 aromatic heterocycles. The average Bonchev–Trinajstić information content (AvgIpc) is 2.44. The van der Waals surface area contributed by atoms with Crippen LogP contribution in [-0.4, -0.2) is 46.7 Å². The van der Waals surface area contributed by atoms with Gasteiger partial charge in [0.25, 0.3) is 0 Å². The molecule has 0 aromatic carbocycles. The Bertz CT molecular complexity index is 350. The molecule has 4 nitrogen and oxygen atoms in total. The number of hydrogen-bond acceptors (Lipinski definition) is 3. The maximum Gasteiger partial charge on any atom is 0.410 e. The largest absolute Gasteiger partial charge is 0.444 e. The van der Waals surface area contributed by atoms with Crippen molar-refractivity contribution in [2.24, 2.45) is 0 Å². The van der Waals surface area contributed by atoms with Crippen molar-refractivity contribution in [3.05, 3.63) is 0 Å². The molecule has 1 fully saturated rings. The molecule has 0 aliphatic heterocycles. The predicted octanol–water partition coefficient (Wildman–Crippen LogP) is 4.75. The molecule has 0 bridgehead atoms. The third-order valence-electron chi connectivity index (χ3n) is 3.84. The number of alkyl halides is 1. The van der Waals surface area contributed by atoms with Gasteiger partial charge in [-0.25, -0.2) is 4.79 Å². The van der Waals surface area contributed by atoms with Crippen molar-refractivity contribution in [1.82, 2.24) is 4.90 Å². The second-order valence-electron chi connectivity index (χ2n) is 7.46. The van der Waals surface area contributed by atoms with Crippen molar-refractivity contribution < 1.29 is 14.3 Å². The molecule has 0 saturated heterocycles. The van der Waals surface area contributed by atoms with E-state index in [4.69, 9.17) is 9.47 Å². The van der Waals surface area contributed by atoms with E-state index in [0.717, 1.165) is 12.8 Å². The van der Waals surface area contributed by atoms with Gasteiger partial charge in [0.05, 0.1) is 18.2 Å². The fourth-order valence-electron chi connectivity index (χ4n) is 2.73. The first-order valence-electron chi connectivity index (χ1n) is 8.41. The van der Waals surface area contributed by atoms with Gasteiger partial charge in [-0.3, -0.25) is 0 Å². The van der Waals surface area contributed by atoms with Gasteiger partial charge in [0.15, 0.2) is 0 Å². The van der Waals surface area contributed by atoms with E-state index in [0.29, 0.717) is 24.5 Å². The minimum absolute atomic E-state index is 0.269. The minimum Gasteiger partial charge on any atom is -0.444 e. The Hall–Kier alpha value is -0.290. The van der Waals surface area contributed by atoms with Crippen LogP contribution in [0.25, 0.3) is 0 Å². The Morgan fingerprint density at radius 3 is 2.23 bits per heavy atom. The molecule has 0 heterocycles. The first-order valence-corrected chi connectivity index (χ1v) is 9.53. The molecule has 0 spiro atoms. The number of nitrogens with zero attached hydrogens (tertiary/aromatic N) is 1. The van der Waals surface area contributed by atoms with Crippen LogP contribution in [0.3, 0.4) is 0 Å². The molecule has 1 atom stereocenters. The van der Waals surface area contributed by atoms with Crippen molar-refractivity contribution in [2.75, 3.05) is 18.4 Å². The molecule has 1 aliphatic rings. The summed E-state index contributed by atoms with van der Waals surface area (Å²) in [5.41, 5.74) is -0.853. The van der Waals surface area contributed by atoms with E-state index in [9.17, 15) is 4.79 Å². The summed E-state index contributed by atoms with van der Waals surface area (Å²) in [5.74, 6) is 0. The van der Waals surface area contributed by atoms with E-state index in [2.05, 4.69) is 22.9 Å². The SMILES string of the molecule is CCN(CC(C)(CBr)OC1CCCCC1)C(=O)OC(C)(C)C. The summed E-state index contributed by atoms with van der Waals surface area (Å²) in [6.45, 7) is 10.9. The maximum absolute atomic E-state index is 12.3. The summed E-state index contributed by atoms with van der Waals surface area (Å²) in [6, 6.07) is 0. The van der Waals surface area contributed by atoms with Crippen molar-refractivity contribution in [3.63, 3.8) is 0 Å². The number of halogens is 1. The standard InChI is InChI=1S/C17H32BrNO3/c1-6-19(15(20)22-16(2,3)4)13-17(5,12-18)21-14-10-8-7-9-11-14/h14H,6-13H2,1-5H3. The molecule has 1 saturated carbocycles. The summed E-state index contributed by atoms with van der Waals surface area (Å²) in [5, 5.41) is 0.704. The first-order chi connectivity index (χ1) is 10.2. The molecule has 130 valence electrons. The second-order valence-corrected chi connectivity index (χ2v) is 8.02. The fourth-order valence-corrected chi connectivity index (χ4v) is 3.04. The maximum atomic E-state index is 12.3. The van der Waals surface area contributed by atoms with Gasteiger partial charge in [-0.15, -0.1) is 0 Å². The van der Waals surface area contributed by atoms with Gasteiger partial charge in [-0.05, 0) is 47.5 Å². The fraction of sp³-hybridized carbons (Fsp3) is 0.941. The average molecular weight is 378 g/mol. The Morgan fingerprint density at radius 1 is 1.18 bits per heavy atom. The molecule has 1 aliphatic carbocycles. The molecule has 0 aromatic rings. The molecule has 22 heavy (non-hydrogen) atoms. The Balaban J connectivity index is 2.65. The Morgan fingerprint density at radius 2 is 1.77 bits per heavy atom. The summed E-state index contributed by atoms with van der Waals surface area (Å²) in [6.07, 6.45) is 6.09. The summed E-state index contributed by atoms with van der Waals surface area (Å²) < 4.78 is 11.8. The monoisotopic (exact) mass is 377 g/mol. The number of amides is 1. The number of carbonyl (C=O) groups excluding carboxylic acids is 1. The van der Waals surface area contributed by atoms with E-state index < -0.39 is 5.60 Å². The lowest BCUT2D eigenvalue weighted by molar-refractivity contribution is -0.0944. The van der Waals surface area contributed by atoms with Crippen molar-refractivity contribution in [2.45, 2.75) is 84.0 Å². The van der Waals surface area contributed by atoms with Gasteiger partial charge in [0.2, 0.25) is 0 Å². The Labute approximate surface area is 144 Å². The Kier molecular flexibility index (Phi) is 7.66. The number of ether oxygens (including phenoxy) is 2. The molecular weight excluding hydrogens is 346 g/mol. The van der Waals surface area contributed by atoms with Crippen LogP contribution in [0.15, 0.2) is 0 Å². The first kappa shape index (κ1) is 19.8. The van der Waals surface area contributed by atoms with Crippen LogP contribution < -0.4 is 0 Å². The zero-order valence-electron chi connectivity index (χ0n) is 14.8. The van der Waals surface area contributed by atoms with Crippen LogP contribution in [0.1, 0.15) is 66.7 Å². The number of carbonyl (C=O) groups is 1. The van der Waals surface area contributed by atoms with Crippen LogP contribution in [0.5, 0.6) is 0 Å². The number of hydrogen-bond donors (Lipinski definition) is 0. The van der Waals surface area contributed by atoms with Gasteiger partial charge >= 0.3 is 6.09 Å². The summed E-state index contributed by atoms with van der Waals surface area (Å²) in [7, 11) is 0. The van der Waals surface area contributed by atoms with E-state index >= 15 is 0 Å². The van der Waals surface area contributed by atoms with Gasteiger partial charge in [-0.2, -0.15) is 0 Å². The molecular formula is C17H32BrNO3. The lowest BCUT2D eigenvalue weighted by Crippen LogP contribution is -2.49. The second kappa shape index (κ2) is 8.53. The van der Waals surface area contributed by atoms with Crippen LogP contribution in [0.4, 0.5) is 4.79 Å². The van der Waals surface area contributed by atoms with Gasteiger partial charge in [0.1, 0.15) is 5.60 Å². The minimum atomic E-state index is -0.473. The van der Waals surface area contributed by atoms with Crippen LogP contribution in [0, 0.1) is 0 Å². The molecule has 5 heteroatoms. The lowest BCUT2D eigenvalue weighted by atomic mass is 9.96. The van der Waals surface area contributed by atoms with Crippen LogP contribution in [0.2, 0.25) is 0 Å². The topological polar surface area (TPSA) is 38.8 Å². The highest BCUT2D eigenvalue weighted by Gasteiger charge is 2.33. The molecule has 1 rings (SSSR count). The van der Waals surface area contributed by atoms with Gasteiger partial charge < -0.3 is 14.4 Å². The normalized spacial score (nSPS) is 19.5. The molecule has 1 unspecified atom stereocenters. The lowest BCUT2D eigenvalue weighted by Gasteiger charge is -2.38. The highest BCUT2D eigenvalue weighted by atomic mass is 79.9. The zero-order valence-corrected chi connectivity index (χ0v) is 16.4. The summed E-state index contributed by atoms with van der Waals surface area (Å²) in [4.78, 5) is 14.0. The van der Waals surface area contributed by atoms with Crippen molar-refractivity contribution in [3.8, 4) is 0 Å². The van der Waals surface area contributed by atoms with E-state index in [1.165, 1.54) is 19.3 Å². The number of likely N-dealkylation sites (N-methyl/N-ethyl adjacent to an activating group) is 1. The quantitative estimate of drug-likeness (QED) is 0.627. The van der Waals surface area contributed by atoms with Crippen LogP contribution >= 0.6 is 15.9 Å². The zero-order chi connectivity index (χ0) is 16.8.